The second kappa shape index (κ2) is 14.1. The van der Waals surface area contributed by atoms with Gasteiger partial charge in [0.2, 0.25) is 5.91 Å². The van der Waals surface area contributed by atoms with E-state index in [1.807, 2.05) is 13.0 Å². The van der Waals surface area contributed by atoms with Crippen LogP contribution in [0.1, 0.15) is 94.3 Å². The van der Waals surface area contributed by atoms with E-state index >= 15 is 0 Å². The number of nitrogens with zero attached hydrogens (tertiary/aromatic N) is 2. The third kappa shape index (κ3) is 7.04. The molecule has 3 rings (SSSR count). The lowest BCUT2D eigenvalue weighted by molar-refractivity contribution is -0.141. The van der Waals surface area contributed by atoms with Crippen molar-refractivity contribution >= 4 is 34.6 Å². The Morgan fingerprint density at radius 2 is 1.61 bits per heavy atom. The van der Waals surface area contributed by atoms with Gasteiger partial charge in [-0.1, -0.05) is 64.2 Å². The van der Waals surface area contributed by atoms with Gasteiger partial charge in [-0.25, -0.2) is 0 Å². The van der Waals surface area contributed by atoms with Gasteiger partial charge in [0.05, 0.1) is 5.52 Å². The second-order valence-corrected chi connectivity index (χ2v) is 10.7. The number of unbranched alkanes of at least 4 members (excludes halogenated alkanes) is 4. The fourth-order valence-electron chi connectivity index (χ4n) is 5.59. The van der Waals surface area contributed by atoms with Gasteiger partial charge in [-0.15, -0.1) is 0 Å². The van der Waals surface area contributed by atoms with Crippen LogP contribution in [0.3, 0.4) is 0 Å². The first kappa shape index (κ1) is 31.6. The fraction of sp³-hybridized carbons (Fsp3) is 0.455. The SMILES string of the molecule is CCCCCCC(NC(C)=O)(C(=O)N(C)CCCC)c1c(C)n(C(=O)c2ccccc2)c2ccc(OC(C)=O)cc12. The van der Waals surface area contributed by atoms with Gasteiger partial charge >= 0.3 is 5.97 Å². The number of rotatable bonds is 13. The number of fused-ring (bicyclic) bond motifs is 1. The van der Waals surface area contributed by atoms with Crippen LogP contribution >= 0.6 is 0 Å². The van der Waals surface area contributed by atoms with E-state index in [2.05, 4.69) is 19.2 Å². The molecule has 8 heteroatoms. The van der Waals surface area contributed by atoms with Crippen LogP contribution in [0.15, 0.2) is 48.5 Å². The van der Waals surface area contributed by atoms with E-state index in [0.29, 0.717) is 52.9 Å². The molecule has 0 bridgehead atoms. The predicted molar refractivity (Wildman–Crippen MR) is 161 cm³/mol. The molecule has 41 heavy (non-hydrogen) atoms. The van der Waals surface area contributed by atoms with Crippen molar-refractivity contribution in [3.05, 3.63) is 65.4 Å². The first-order valence-corrected chi connectivity index (χ1v) is 14.5. The lowest BCUT2D eigenvalue weighted by atomic mass is 9.81. The number of hydrogen-bond acceptors (Lipinski definition) is 5. The number of nitrogens with one attached hydrogen (secondary N) is 1. The maximum absolute atomic E-state index is 14.5. The Labute approximate surface area is 243 Å². The van der Waals surface area contributed by atoms with Gasteiger partial charge in [0.1, 0.15) is 11.3 Å². The van der Waals surface area contributed by atoms with Gasteiger partial charge in [0.15, 0.2) is 0 Å². The van der Waals surface area contributed by atoms with Gasteiger partial charge in [-0.3, -0.25) is 23.7 Å². The van der Waals surface area contributed by atoms with E-state index in [-0.39, 0.29) is 17.7 Å². The van der Waals surface area contributed by atoms with Crippen LogP contribution in [0.4, 0.5) is 0 Å². The number of esters is 1. The summed E-state index contributed by atoms with van der Waals surface area (Å²) in [5, 5.41) is 3.64. The quantitative estimate of drug-likeness (QED) is 0.154. The lowest BCUT2D eigenvalue weighted by Gasteiger charge is -2.37. The van der Waals surface area contributed by atoms with E-state index in [1.165, 1.54) is 13.8 Å². The van der Waals surface area contributed by atoms with Crippen molar-refractivity contribution in [2.24, 2.45) is 0 Å². The summed E-state index contributed by atoms with van der Waals surface area (Å²) in [5.41, 5.74) is 0.722. The summed E-state index contributed by atoms with van der Waals surface area (Å²) in [7, 11) is 1.76. The largest absolute Gasteiger partial charge is 0.427 e. The molecule has 1 atom stereocenters. The van der Waals surface area contributed by atoms with E-state index in [9.17, 15) is 19.2 Å². The molecular formula is C33H43N3O5. The van der Waals surface area contributed by atoms with Crippen molar-refractivity contribution in [2.45, 2.75) is 85.1 Å². The van der Waals surface area contributed by atoms with Crippen molar-refractivity contribution in [1.82, 2.24) is 14.8 Å². The number of carbonyl (C=O) groups excluding carboxylic acids is 4. The average molecular weight is 562 g/mol. The van der Waals surface area contributed by atoms with Crippen LogP contribution in [-0.2, 0) is 19.9 Å². The standard InChI is InChI=1S/C33H43N3O5/c1-7-9-11-15-20-33(34-24(4)37,32(40)35(6)21-10-8-2)30-23(3)36(31(39)26-16-13-12-14-17-26)29-19-18-27(22-28(29)30)41-25(5)38/h12-14,16-19,22H,7-11,15,20-21H2,1-6H3,(H,34,37). The monoisotopic (exact) mass is 561 g/mol. The highest BCUT2D eigenvalue weighted by Gasteiger charge is 2.46. The van der Waals surface area contributed by atoms with Crippen LogP contribution in [-0.4, -0.2) is 46.8 Å². The molecule has 1 aromatic heterocycles. The maximum atomic E-state index is 14.5. The topological polar surface area (TPSA) is 97.7 Å². The Balaban J connectivity index is 2.40. The number of carbonyl (C=O) groups is 4. The molecule has 0 saturated heterocycles. The number of likely N-dealkylation sites (N-methyl/N-ethyl adjacent to an activating group) is 1. The minimum Gasteiger partial charge on any atom is -0.427 e. The molecule has 220 valence electrons. The fourth-order valence-corrected chi connectivity index (χ4v) is 5.59. The predicted octanol–water partition coefficient (Wildman–Crippen LogP) is 6.12. The van der Waals surface area contributed by atoms with Crippen LogP contribution in [0.25, 0.3) is 10.9 Å². The minimum absolute atomic E-state index is 0.232. The normalized spacial score (nSPS) is 12.5. The van der Waals surface area contributed by atoms with Crippen molar-refractivity contribution in [2.75, 3.05) is 13.6 Å². The van der Waals surface area contributed by atoms with E-state index < -0.39 is 11.5 Å². The van der Waals surface area contributed by atoms with Crippen molar-refractivity contribution < 1.29 is 23.9 Å². The summed E-state index contributed by atoms with van der Waals surface area (Å²) in [6.45, 7) is 9.26. The number of ether oxygens (including phenoxy) is 1. The third-order valence-electron chi connectivity index (χ3n) is 7.44. The molecule has 1 unspecified atom stereocenters. The van der Waals surface area contributed by atoms with E-state index in [4.69, 9.17) is 4.74 Å². The molecule has 8 nitrogen and oxygen atoms in total. The summed E-state index contributed by atoms with van der Waals surface area (Å²) in [6.07, 6.45) is 5.70. The highest BCUT2D eigenvalue weighted by Crippen LogP contribution is 2.41. The Morgan fingerprint density at radius 1 is 0.927 bits per heavy atom. The highest BCUT2D eigenvalue weighted by molar-refractivity contribution is 6.07. The Kier molecular flexibility index (Phi) is 10.9. The van der Waals surface area contributed by atoms with Gasteiger partial charge < -0.3 is 15.0 Å². The molecule has 0 aliphatic heterocycles. The van der Waals surface area contributed by atoms with Crippen molar-refractivity contribution in [3.8, 4) is 5.75 Å². The Morgan fingerprint density at radius 3 is 2.22 bits per heavy atom. The zero-order valence-corrected chi connectivity index (χ0v) is 25.2. The highest BCUT2D eigenvalue weighted by atomic mass is 16.5. The second-order valence-electron chi connectivity index (χ2n) is 10.7. The molecular weight excluding hydrogens is 518 g/mol. The molecule has 0 radical (unpaired) electrons. The summed E-state index contributed by atoms with van der Waals surface area (Å²) in [4.78, 5) is 54.8. The minimum atomic E-state index is -1.43. The first-order valence-electron chi connectivity index (χ1n) is 14.5. The van der Waals surface area contributed by atoms with E-state index in [0.717, 1.165) is 32.1 Å². The molecule has 1 heterocycles. The molecule has 0 aliphatic rings. The lowest BCUT2D eigenvalue weighted by Crippen LogP contribution is -2.56. The zero-order valence-electron chi connectivity index (χ0n) is 25.2. The van der Waals surface area contributed by atoms with Crippen LogP contribution in [0, 0.1) is 6.92 Å². The van der Waals surface area contributed by atoms with E-state index in [1.54, 1.807) is 59.0 Å². The van der Waals surface area contributed by atoms with Gasteiger partial charge in [-0.2, -0.15) is 0 Å². The first-order chi connectivity index (χ1) is 19.6. The molecule has 0 aliphatic carbocycles. The van der Waals surface area contributed by atoms with Gasteiger partial charge in [0.25, 0.3) is 11.8 Å². The number of hydrogen-bond donors (Lipinski definition) is 1. The number of aromatic nitrogens is 1. The molecule has 2 aromatic carbocycles. The van der Waals surface area contributed by atoms with Gasteiger partial charge in [0, 0.05) is 49.6 Å². The summed E-state index contributed by atoms with van der Waals surface area (Å²) >= 11 is 0. The summed E-state index contributed by atoms with van der Waals surface area (Å²) in [6, 6.07) is 14.0. The molecule has 3 aromatic rings. The smallest absolute Gasteiger partial charge is 0.308 e. The summed E-state index contributed by atoms with van der Waals surface area (Å²) in [5.74, 6) is -1.02. The Hall–Kier alpha value is -3.94. The number of amides is 2. The molecule has 2 amide bonds. The summed E-state index contributed by atoms with van der Waals surface area (Å²) < 4.78 is 7.02. The Bertz CT molecular complexity index is 1390. The average Bonchev–Trinajstić information content (AvgIpc) is 3.23. The van der Waals surface area contributed by atoms with Crippen LogP contribution < -0.4 is 10.1 Å². The van der Waals surface area contributed by atoms with Crippen molar-refractivity contribution in [1.29, 1.82) is 0 Å². The molecule has 1 N–H and O–H groups in total. The van der Waals surface area contributed by atoms with Crippen LogP contribution in [0.2, 0.25) is 0 Å². The third-order valence-corrected chi connectivity index (χ3v) is 7.44. The molecule has 0 spiro atoms. The molecule has 0 fully saturated rings. The van der Waals surface area contributed by atoms with Crippen LogP contribution in [0.5, 0.6) is 5.75 Å². The molecule has 0 saturated carbocycles. The number of benzene rings is 2. The zero-order chi connectivity index (χ0) is 30.2. The van der Waals surface area contributed by atoms with Crippen molar-refractivity contribution in [3.63, 3.8) is 0 Å². The maximum Gasteiger partial charge on any atom is 0.308 e. The van der Waals surface area contributed by atoms with Gasteiger partial charge in [-0.05, 0) is 50.1 Å².